The smallest absolute Gasteiger partial charge is 0.134 e. The van der Waals surface area contributed by atoms with Gasteiger partial charge in [-0.1, -0.05) is 31.5 Å². The Hall–Kier alpha value is -1.32. The minimum atomic E-state index is -0.604. The van der Waals surface area contributed by atoms with Crippen LogP contribution in [0.2, 0.25) is 0 Å². The van der Waals surface area contributed by atoms with Crippen LogP contribution in [0, 0.1) is 5.92 Å². The summed E-state index contributed by atoms with van der Waals surface area (Å²) < 4.78 is 5.65. The third-order valence-corrected chi connectivity index (χ3v) is 3.14. The van der Waals surface area contributed by atoms with Crippen LogP contribution in [0.4, 0.5) is 0 Å². The second-order valence-electron chi connectivity index (χ2n) is 4.42. The van der Waals surface area contributed by atoms with Gasteiger partial charge in [0.1, 0.15) is 17.4 Å². The SMILES string of the molecule is CCCC(CN)C(O)c1cc2ccccc2o1. The molecule has 3 nitrogen and oxygen atoms in total. The van der Waals surface area contributed by atoms with Gasteiger partial charge in [0.15, 0.2) is 0 Å². The lowest BCUT2D eigenvalue weighted by Gasteiger charge is -2.18. The fourth-order valence-corrected chi connectivity index (χ4v) is 2.16. The van der Waals surface area contributed by atoms with Crippen molar-refractivity contribution >= 4 is 11.0 Å². The van der Waals surface area contributed by atoms with E-state index in [2.05, 4.69) is 6.92 Å². The number of aliphatic hydroxyl groups is 1. The lowest BCUT2D eigenvalue weighted by molar-refractivity contribution is 0.0862. The van der Waals surface area contributed by atoms with Crippen LogP contribution in [0.3, 0.4) is 0 Å². The summed E-state index contributed by atoms with van der Waals surface area (Å²) >= 11 is 0. The Bertz CT molecular complexity index is 445. The van der Waals surface area contributed by atoms with Crippen LogP contribution in [0.15, 0.2) is 34.7 Å². The van der Waals surface area contributed by atoms with Gasteiger partial charge in [0.25, 0.3) is 0 Å². The number of benzene rings is 1. The Balaban J connectivity index is 2.25. The van der Waals surface area contributed by atoms with E-state index in [9.17, 15) is 5.11 Å². The van der Waals surface area contributed by atoms with Crippen molar-refractivity contribution in [2.24, 2.45) is 11.7 Å². The number of rotatable bonds is 5. The molecule has 3 N–H and O–H groups in total. The Kier molecular flexibility index (Phi) is 3.82. The predicted molar refractivity (Wildman–Crippen MR) is 68.6 cm³/mol. The van der Waals surface area contributed by atoms with Gasteiger partial charge in [0.05, 0.1) is 0 Å². The maximum Gasteiger partial charge on any atom is 0.134 e. The van der Waals surface area contributed by atoms with Gasteiger partial charge in [-0.2, -0.15) is 0 Å². The largest absolute Gasteiger partial charge is 0.458 e. The molecule has 0 saturated carbocycles. The van der Waals surface area contributed by atoms with Crippen molar-refractivity contribution in [3.8, 4) is 0 Å². The van der Waals surface area contributed by atoms with Crippen LogP contribution in [-0.4, -0.2) is 11.7 Å². The fraction of sp³-hybridized carbons (Fsp3) is 0.429. The second-order valence-corrected chi connectivity index (χ2v) is 4.42. The molecule has 2 rings (SSSR count). The average molecular weight is 233 g/mol. The van der Waals surface area contributed by atoms with Gasteiger partial charge in [-0.25, -0.2) is 0 Å². The van der Waals surface area contributed by atoms with Crippen LogP contribution >= 0.6 is 0 Å². The van der Waals surface area contributed by atoms with E-state index in [1.807, 2.05) is 30.3 Å². The van der Waals surface area contributed by atoms with Crippen molar-refractivity contribution < 1.29 is 9.52 Å². The van der Waals surface area contributed by atoms with Gasteiger partial charge in [-0.05, 0) is 25.1 Å². The van der Waals surface area contributed by atoms with E-state index in [0.717, 1.165) is 23.8 Å². The van der Waals surface area contributed by atoms with E-state index in [4.69, 9.17) is 10.2 Å². The molecule has 92 valence electrons. The third kappa shape index (κ3) is 2.51. The maximum absolute atomic E-state index is 10.2. The maximum atomic E-state index is 10.2. The van der Waals surface area contributed by atoms with E-state index < -0.39 is 6.10 Å². The van der Waals surface area contributed by atoms with Crippen molar-refractivity contribution in [3.63, 3.8) is 0 Å². The number of fused-ring (bicyclic) bond motifs is 1. The summed E-state index contributed by atoms with van der Waals surface area (Å²) in [6.45, 7) is 2.57. The highest BCUT2D eigenvalue weighted by atomic mass is 16.4. The quantitative estimate of drug-likeness (QED) is 0.834. The van der Waals surface area contributed by atoms with Crippen molar-refractivity contribution in [2.75, 3.05) is 6.54 Å². The normalized spacial score (nSPS) is 15.0. The molecule has 3 heteroatoms. The van der Waals surface area contributed by atoms with E-state index >= 15 is 0 Å². The molecule has 0 amide bonds. The molecule has 0 fully saturated rings. The van der Waals surface area contributed by atoms with Crippen LogP contribution in [0.1, 0.15) is 31.6 Å². The summed E-state index contributed by atoms with van der Waals surface area (Å²) in [5.41, 5.74) is 6.50. The molecule has 1 heterocycles. The van der Waals surface area contributed by atoms with Crippen LogP contribution < -0.4 is 5.73 Å². The molecule has 0 saturated heterocycles. The lowest BCUT2D eigenvalue weighted by atomic mass is 9.95. The average Bonchev–Trinajstić information content (AvgIpc) is 2.78. The van der Waals surface area contributed by atoms with Crippen LogP contribution in [-0.2, 0) is 0 Å². The first-order chi connectivity index (χ1) is 8.26. The minimum absolute atomic E-state index is 0.0700. The summed E-state index contributed by atoms with van der Waals surface area (Å²) in [6, 6.07) is 9.67. The summed E-state index contributed by atoms with van der Waals surface area (Å²) in [4.78, 5) is 0. The number of para-hydroxylation sites is 1. The van der Waals surface area contributed by atoms with Crippen molar-refractivity contribution in [2.45, 2.75) is 25.9 Å². The molecule has 1 aromatic heterocycles. The second kappa shape index (κ2) is 5.34. The first-order valence-corrected chi connectivity index (χ1v) is 6.13. The topological polar surface area (TPSA) is 59.4 Å². The fourth-order valence-electron chi connectivity index (χ4n) is 2.16. The van der Waals surface area contributed by atoms with Gasteiger partial charge in [0, 0.05) is 11.3 Å². The van der Waals surface area contributed by atoms with Crippen molar-refractivity contribution in [1.82, 2.24) is 0 Å². The lowest BCUT2D eigenvalue weighted by Crippen LogP contribution is -2.21. The summed E-state index contributed by atoms with van der Waals surface area (Å²) in [7, 11) is 0. The summed E-state index contributed by atoms with van der Waals surface area (Å²) in [5.74, 6) is 0.690. The minimum Gasteiger partial charge on any atom is -0.458 e. The van der Waals surface area contributed by atoms with Crippen molar-refractivity contribution in [1.29, 1.82) is 0 Å². The highest BCUT2D eigenvalue weighted by Gasteiger charge is 2.22. The van der Waals surface area contributed by atoms with E-state index in [1.54, 1.807) is 0 Å². The standard InChI is InChI=1S/C14H19NO2/c1-2-5-11(9-15)14(16)13-8-10-6-3-4-7-12(10)17-13/h3-4,6-8,11,14,16H,2,5,9,15H2,1H3. The van der Waals surface area contributed by atoms with E-state index in [-0.39, 0.29) is 5.92 Å². The van der Waals surface area contributed by atoms with E-state index in [1.165, 1.54) is 0 Å². The predicted octanol–water partition coefficient (Wildman–Crippen LogP) is 2.84. The highest BCUT2D eigenvalue weighted by Crippen LogP contribution is 2.29. The van der Waals surface area contributed by atoms with Gasteiger partial charge >= 0.3 is 0 Å². The Morgan fingerprint density at radius 1 is 1.35 bits per heavy atom. The van der Waals surface area contributed by atoms with Gasteiger partial charge < -0.3 is 15.3 Å². The molecule has 0 spiro atoms. The molecular formula is C14H19NO2. The van der Waals surface area contributed by atoms with Gasteiger partial charge in [0.2, 0.25) is 0 Å². The Morgan fingerprint density at radius 2 is 2.12 bits per heavy atom. The Morgan fingerprint density at radius 3 is 2.76 bits per heavy atom. The molecule has 0 radical (unpaired) electrons. The molecule has 2 unspecified atom stereocenters. The number of furan rings is 1. The molecular weight excluding hydrogens is 214 g/mol. The summed E-state index contributed by atoms with van der Waals surface area (Å²) in [5, 5.41) is 11.3. The molecule has 1 aromatic carbocycles. The zero-order valence-corrected chi connectivity index (χ0v) is 10.1. The number of nitrogens with two attached hydrogens (primary N) is 1. The molecule has 2 atom stereocenters. The molecule has 0 aliphatic rings. The van der Waals surface area contributed by atoms with Crippen molar-refractivity contribution in [3.05, 3.63) is 36.1 Å². The molecule has 0 aliphatic carbocycles. The molecule has 0 aliphatic heterocycles. The van der Waals surface area contributed by atoms with Crippen LogP contribution in [0.25, 0.3) is 11.0 Å². The highest BCUT2D eigenvalue weighted by molar-refractivity contribution is 5.77. The number of aliphatic hydroxyl groups excluding tert-OH is 1. The first-order valence-electron chi connectivity index (χ1n) is 6.13. The zero-order valence-electron chi connectivity index (χ0n) is 10.1. The number of hydrogen-bond donors (Lipinski definition) is 2. The number of hydrogen-bond acceptors (Lipinski definition) is 3. The van der Waals surface area contributed by atoms with Gasteiger partial charge in [-0.3, -0.25) is 0 Å². The first kappa shape index (κ1) is 12.1. The summed E-state index contributed by atoms with van der Waals surface area (Å²) in [6.07, 6.45) is 1.32. The zero-order chi connectivity index (χ0) is 12.3. The van der Waals surface area contributed by atoms with E-state index in [0.29, 0.717) is 12.3 Å². The molecule has 2 aromatic rings. The molecule has 17 heavy (non-hydrogen) atoms. The third-order valence-electron chi connectivity index (χ3n) is 3.14. The monoisotopic (exact) mass is 233 g/mol. The molecule has 0 bridgehead atoms. The Labute approximate surface area is 101 Å². The van der Waals surface area contributed by atoms with Gasteiger partial charge in [-0.15, -0.1) is 0 Å². The van der Waals surface area contributed by atoms with Crippen LogP contribution in [0.5, 0.6) is 0 Å².